The lowest BCUT2D eigenvalue weighted by molar-refractivity contribution is -0.118. The lowest BCUT2D eigenvalue weighted by Gasteiger charge is -2.18. The minimum absolute atomic E-state index is 0.0125. The number of benzene rings is 2. The second-order valence-corrected chi connectivity index (χ2v) is 7.53. The monoisotopic (exact) mass is 423 g/mol. The highest BCUT2D eigenvalue weighted by Crippen LogP contribution is 2.35. The first-order valence-corrected chi connectivity index (χ1v) is 10.0. The van der Waals surface area contributed by atoms with Gasteiger partial charge < -0.3 is 25.0 Å². The Morgan fingerprint density at radius 1 is 1.13 bits per heavy atom. The molecular weight excluding hydrogens is 398 g/mol. The summed E-state index contributed by atoms with van der Waals surface area (Å²) >= 11 is 0. The van der Waals surface area contributed by atoms with Crippen molar-refractivity contribution in [1.82, 2.24) is 10.2 Å². The van der Waals surface area contributed by atoms with E-state index in [0.29, 0.717) is 35.8 Å². The molecule has 3 aromatic rings. The van der Waals surface area contributed by atoms with Gasteiger partial charge in [0.2, 0.25) is 5.91 Å². The van der Waals surface area contributed by atoms with Gasteiger partial charge in [-0.25, -0.2) is 0 Å². The Kier molecular flexibility index (Phi) is 5.70. The molecule has 0 radical (unpaired) electrons. The fraction of sp³-hybridized carbons (Fsp3) is 0.304. The highest BCUT2D eigenvalue weighted by Gasteiger charge is 2.26. The van der Waals surface area contributed by atoms with Crippen LogP contribution in [0.3, 0.4) is 0 Å². The van der Waals surface area contributed by atoms with Crippen LogP contribution in [-0.4, -0.2) is 36.9 Å². The van der Waals surface area contributed by atoms with Crippen LogP contribution >= 0.6 is 0 Å². The molecule has 1 atom stereocenters. The third kappa shape index (κ3) is 4.14. The summed E-state index contributed by atoms with van der Waals surface area (Å²) in [6.07, 6.45) is 1.36. The Bertz CT molecular complexity index is 1160. The number of fused-ring (bicyclic) bond motifs is 1. The van der Waals surface area contributed by atoms with Crippen molar-refractivity contribution in [2.24, 2.45) is 5.73 Å². The molecule has 162 valence electrons. The number of carbonyl (C=O) groups is 1. The minimum atomic E-state index is -0.528. The lowest BCUT2D eigenvalue weighted by Crippen LogP contribution is -2.21. The SMILES string of the molecule is COc1ccc([C@@H](CC(N)=O)c2c(Cc3ccc4c(c3)CCO4)[nH][nH]c2=O)cc1OC. The molecule has 1 aliphatic rings. The van der Waals surface area contributed by atoms with Gasteiger partial charge in [-0.3, -0.25) is 14.7 Å². The van der Waals surface area contributed by atoms with Crippen LogP contribution in [0.25, 0.3) is 0 Å². The first kappa shape index (κ1) is 20.6. The van der Waals surface area contributed by atoms with E-state index in [1.165, 1.54) is 7.11 Å². The van der Waals surface area contributed by atoms with E-state index in [1.807, 2.05) is 18.2 Å². The molecule has 0 saturated heterocycles. The van der Waals surface area contributed by atoms with E-state index >= 15 is 0 Å². The van der Waals surface area contributed by atoms with Crippen molar-refractivity contribution >= 4 is 5.91 Å². The quantitative estimate of drug-likeness (QED) is 0.513. The summed E-state index contributed by atoms with van der Waals surface area (Å²) in [5.41, 5.74) is 9.42. The van der Waals surface area contributed by atoms with E-state index in [0.717, 1.165) is 28.9 Å². The van der Waals surface area contributed by atoms with Gasteiger partial charge in [-0.05, 0) is 34.9 Å². The summed E-state index contributed by atoms with van der Waals surface area (Å²) in [6, 6.07) is 11.4. The molecule has 31 heavy (non-hydrogen) atoms. The van der Waals surface area contributed by atoms with E-state index in [4.69, 9.17) is 19.9 Å². The van der Waals surface area contributed by atoms with E-state index < -0.39 is 11.8 Å². The minimum Gasteiger partial charge on any atom is -0.493 e. The van der Waals surface area contributed by atoms with Crippen molar-refractivity contribution in [2.75, 3.05) is 20.8 Å². The predicted octanol–water partition coefficient (Wildman–Crippen LogP) is 2.25. The summed E-state index contributed by atoms with van der Waals surface area (Å²) in [7, 11) is 3.09. The van der Waals surface area contributed by atoms with Crippen LogP contribution in [-0.2, 0) is 17.6 Å². The molecule has 0 fully saturated rings. The van der Waals surface area contributed by atoms with Gasteiger partial charge in [0.05, 0.1) is 20.8 Å². The number of ether oxygens (including phenoxy) is 3. The van der Waals surface area contributed by atoms with E-state index in [9.17, 15) is 9.59 Å². The standard InChI is InChI=1S/C23H25N3O5/c1-29-19-6-4-14(11-20(19)30-2)16(12-21(24)27)22-17(25-26-23(22)28)10-13-3-5-18-15(9-13)7-8-31-18/h3-6,9,11,16H,7-8,10,12H2,1-2H3,(H2,24,27)(H2,25,26,28)/t16-/m1/s1. The third-order valence-corrected chi connectivity index (χ3v) is 5.60. The number of nitrogens with one attached hydrogen (secondary N) is 2. The van der Waals surface area contributed by atoms with Crippen molar-refractivity contribution in [1.29, 1.82) is 0 Å². The largest absolute Gasteiger partial charge is 0.493 e. The molecule has 0 aliphatic carbocycles. The van der Waals surface area contributed by atoms with Crippen molar-refractivity contribution in [3.8, 4) is 17.2 Å². The number of aromatic amines is 2. The first-order chi connectivity index (χ1) is 15.0. The molecule has 2 aromatic carbocycles. The number of amides is 1. The number of primary amides is 1. The molecule has 0 unspecified atom stereocenters. The van der Waals surface area contributed by atoms with Gasteiger partial charge in [0.15, 0.2) is 11.5 Å². The van der Waals surface area contributed by atoms with Crippen LogP contribution in [0.5, 0.6) is 17.2 Å². The smallest absolute Gasteiger partial charge is 0.267 e. The second-order valence-electron chi connectivity index (χ2n) is 7.53. The number of hydrogen-bond acceptors (Lipinski definition) is 5. The fourth-order valence-electron chi connectivity index (χ4n) is 4.12. The van der Waals surface area contributed by atoms with Crippen molar-refractivity contribution in [2.45, 2.75) is 25.2 Å². The van der Waals surface area contributed by atoms with Gasteiger partial charge in [-0.1, -0.05) is 18.2 Å². The molecule has 1 amide bonds. The molecule has 1 aromatic heterocycles. The normalized spacial score (nSPS) is 13.4. The molecular formula is C23H25N3O5. The molecule has 4 N–H and O–H groups in total. The maximum Gasteiger partial charge on any atom is 0.267 e. The van der Waals surface area contributed by atoms with Gasteiger partial charge >= 0.3 is 0 Å². The molecule has 0 spiro atoms. The average molecular weight is 423 g/mol. The third-order valence-electron chi connectivity index (χ3n) is 5.60. The number of H-pyrrole nitrogens is 2. The van der Waals surface area contributed by atoms with Crippen LogP contribution in [0, 0.1) is 0 Å². The Labute approximate surface area is 179 Å². The summed E-state index contributed by atoms with van der Waals surface area (Å²) < 4.78 is 16.3. The fourth-order valence-corrected chi connectivity index (χ4v) is 4.12. The summed E-state index contributed by atoms with van der Waals surface area (Å²) in [6.45, 7) is 0.686. The van der Waals surface area contributed by atoms with E-state index in [1.54, 1.807) is 19.2 Å². The van der Waals surface area contributed by atoms with Crippen LogP contribution in [0.1, 0.15) is 40.3 Å². The molecule has 8 heteroatoms. The Hall–Kier alpha value is -3.68. The van der Waals surface area contributed by atoms with Gasteiger partial charge in [-0.15, -0.1) is 0 Å². The number of methoxy groups -OCH3 is 2. The van der Waals surface area contributed by atoms with E-state index in [-0.39, 0.29) is 12.0 Å². The van der Waals surface area contributed by atoms with Gasteiger partial charge in [-0.2, -0.15) is 0 Å². The number of nitrogens with two attached hydrogens (primary N) is 1. The summed E-state index contributed by atoms with van der Waals surface area (Å²) in [5.74, 6) is 0.957. The van der Waals surface area contributed by atoms with Gasteiger partial charge in [0, 0.05) is 36.4 Å². The number of carbonyl (C=O) groups excluding carboxylic acids is 1. The molecule has 1 aliphatic heterocycles. The molecule has 2 heterocycles. The Balaban J connectivity index is 1.74. The van der Waals surface area contributed by atoms with Crippen LogP contribution < -0.4 is 25.5 Å². The molecule has 8 nitrogen and oxygen atoms in total. The molecule has 4 rings (SSSR count). The highest BCUT2D eigenvalue weighted by molar-refractivity contribution is 5.75. The number of hydrogen-bond donors (Lipinski definition) is 3. The zero-order valence-corrected chi connectivity index (χ0v) is 17.5. The predicted molar refractivity (Wildman–Crippen MR) is 115 cm³/mol. The Morgan fingerprint density at radius 3 is 2.68 bits per heavy atom. The zero-order chi connectivity index (χ0) is 22.0. The average Bonchev–Trinajstić information content (AvgIpc) is 3.37. The van der Waals surface area contributed by atoms with Crippen molar-refractivity contribution < 1.29 is 19.0 Å². The van der Waals surface area contributed by atoms with Crippen LogP contribution in [0.4, 0.5) is 0 Å². The second kappa shape index (κ2) is 8.59. The Morgan fingerprint density at radius 2 is 1.94 bits per heavy atom. The molecule has 0 saturated carbocycles. The summed E-state index contributed by atoms with van der Waals surface area (Å²) in [4.78, 5) is 24.7. The van der Waals surface area contributed by atoms with Crippen LogP contribution in [0.2, 0.25) is 0 Å². The van der Waals surface area contributed by atoms with Gasteiger partial charge in [0.1, 0.15) is 5.75 Å². The number of rotatable bonds is 8. The van der Waals surface area contributed by atoms with Gasteiger partial charge in [0.25, 0.3) is 5.56 Å². The number of aromatic nitrogens is 2. The maximum absolute atomic E-state index is 12.8. The molecule has 0 bridgehead atoms. The summed E-state index contributed by atoms with van der Waals surface area (Å²) in [5, 5.41) is 5.66. The first-order valence-electron chi connectivity index (χ1n) is 10.0. The highest BCUT2D eigenvalue weighted by atomic mass is 16.5. The lowest BCUT2D eigenvalue weighted by atomic mass is 9.86. The van der Waals surface area contributed by atoms with E-state index in [2.05, 4.69) is 16.3 Å². The maximum atomic E-state index is 12.8. The topological polar surface area (TPSA) is 119 Å². The zero-order valence-electron chi connectivity index (χ0n) is 17.5. The van der Waals surface area contributed by atoms with Crippen LogP contribution in [0.15, 0.2) is 41.2 Å². The van der Waals surface area contributed by atoms with Crippen molar-refractivity contribution in [3.63, 3.8) is 0 Å². The van der Waals surface area contributed by atoms with Crippen molar-refractivity contribution in [3.05, 3.63) is 74.7 Å².